The minimum absolute atomic E-state index is 0.0129. The highest BCUT2D eigenvalue weighted by molar-refractivity contribution is 6.01. The van der Waals surface area contributed by atoms with E-state index in [1.165, 1.54) is 0 Å². The van der Waals surface area contributed by atoms with Gasteiger partial charge in [-0.15, -0.1) is 0 Å². The van der Waals surface area contributed by atoms with Gasteiger partial charge in [-0.2, -0.15) is 0 Å². The molecule has 1 aromatic carbocycles. The summed E-state index contributed by atoms with van der Waals surface area (Å²) in [6.45, 7) is 5.88. The zero-order valence-electron chi connectivity index (χ0n) is 34.4. The van der Waals surface area contributed by atoms with Gasteiger partial charge in [-0.25, -0.2) is 4.79 Å². The molecule has 12 N–H and O–H groups in total. The van der Waals surface area contributed by atoms with E-state index < -0.39 is 109 Å². The molecule has 60 heavy (non-hydrogen) atoms. The molecule has 9 amide bonds. The Balaban J connectivity index is 2.04. The summed E-state index contributed by atoms with van der Waals surface area (Å²) in [6.07, 6.45) is 4.58. The van der Waals surface area contributed by atoms with E-state index in [-0.39, 0.29) is 30.6 Å². The van der Waals surface area contributed by atoms with Gasteiger partial charge in [0.25, 0.3) is 0 Å². The standard InChI is InChI=1S/C40H59N9O11/c1-22(2)17-26(37(56)48-34(23(3)4)36(42)55)47-39(58)35(25-13-9-6-10-14-25)49-38(57)27(19-29(41)50)45-31(52)16-15-30(51)43-20-32(53)44-21-33(54)46-28(40(59)60)18-24-11-7-5-8-12-24/h5,7-8,11-12,15-16,22-23,25-28,34-35H,6,9-10,13-14,17-21H2,1-4H3,(H2,41,50)(H2,42,55)(H,43,51)(H,44,53)(H,45,52)(H,46,54)(H,47,58)(H,48,56)(H,49,57)(H,59,60)/b16-15+/t26-,27-,28-,34-,35-/m0/s1. The topological polar surface area (TPSA) is 327 Å². The number of nitrogens with two attached hydrogens (primary N) is 2. The van der Waals surface area contributed by atoms with Crippen LogP contribution in [0.4, 0.5) is 0 Å². The number of aliphatic carboxylic acids is 1. The first-order valence-corrected chi connectivity index (χ1v) is 19.8. The number of amides is 9. The summed E-state index contributed by atoms with van der Waals surface area (Å²) >= 11 is 0. The van der Waals surface area contributed by atoms with Gasteiger partial charge >= 0.3 is 5.97 Å². The number of primary amides is 2. The molecule has 330 valence electrons. The Morgan fingerprint density at radius 2 is 1.28 bits per heavy atom. The molecule has 0 radical (unpaired) electrons. The number of nitrogens with one attached hydrogen (secondary N) is 7. The molecular formula is C40H59N9O11. The molecule has 0 spiro atoms. The van der Waals surface area contributed by atoms with Crippen LogP contribution in [0, 0.1) is 17.8 Å². The fourth-order valence-electron chi connectivity index (χ4n) is 6.45. The number of hydrogen-bond donors (Lipinski definition) is 10. The predicted molar refractivity (Wildman–Crippen MR) is 216 cm³/mol. The fourth-order valence-corrected chi connectivity index (χ4v) is 6.45. The minimum Gasteiger partial charge on any atom is -0.480 e. The first-order valence-electron chi connectivity index (χ1n) is 19.8. The maximum atomic E-state index is 13.9. The lowest BCUT2D eigenvalue weighted by Crippen LogP contribution is -2.60. The summed E-state index contributed by atoms with van der Waals surface area (Å²) in [5.74, 6) is -9.49. The summed E-state index contributed by atoms with van der Waals surface area (Å²) in [7, 11) is 0. The summed E-state index contributed by atoms with van der Waals surface area (Å²) in [5.41, 5.74) is 11.5. The molecule has 5 atom stereocenters. The molecule has 1 aliphatic rings. The van der Waals surface area contributed by atoms with E-state index in [0.717, 1.165) is 31.4 Å². The number of carboxylic acid groups (broad SMARTS) is 1. The Kier molecular flexibility index (Phi) is 20.9. The normalized spacial score (nSPS) is 15.4. The highest BCUT2D eigenvalue weighted by Crippen LogP contribution is 2.27. The zero-order chi connectivity index (χ0) is 44.9. The lowest BCUT2D eigenvalue weighted by Gasteiger charge is -2.33. The monoisotopic (exact) mass is 841 g/mol. The summed E-state index contributed by atoms with van der Waals surface area (Å²) in [4.78, 5) is 126. The number of carboxylic acids is 1. The Hall–Kier alpha value is -6.34. The quantitative estimate of drug-likeness (QED) is 0.0516. The second-order valence-corrected chi connectivity index (χ2v) is 15.4. The van der Waals surface area contributed by atoms with E-state index in [0.29, 0.717) is 18.4 Å². The maximum Gasteiger partial charge on any atom is 0.326 e. The predicted octanol–water partition coefficient (Wildman–Crippen LogP) is -1.83. The first-order chi connectivity index (χ1) is 28.3. The largest absolute Gasteiger partial charge is 0.480 e. The molecule has 0 saturated heterocycles. The third-order valence-corrected chi connectivity index (χ3v) is 9.52. The molecule has 1 fully saturated rings. The van der Waals surface area contributed by atoms with Crippen molar-refractivity contribution in [3.63, 3.8) is 0 Å². The molecule has 0 aromatic heterocycles. The molecule has 0 heterocycles. The van der Waals surface area contributed by atoms with Gasteiger partial charge in [-0.1, -0.05) is 77.3 Å². The van der Waals surface area contributed by atoms with Crippen molar-refractivity contribution < 1.29 is 53.1 Å². The van der Waals surface area contributed by atoms with E-state index in [1.807, 2.05) is 13.8 Å². The van der Waals surface area contributed by atoms with Crippen molar-refractivity contribution in [3.8, 4) is 0 Å². The number of hydrogen-bond acceptors (Lipinski definition) is 10. The van der Waals surface area contributed by atoms with Gasteiger partial charge in [0.1, 0.15) is 30.2 Å². The van der Waals surface area contributed by atoms with E-state index in [4.69, 9.17) is 11.5 Å². The number of carbonyl (C=O) groups excluding carboxylic acids is 9. The summed E-state index contributed by atoms with van der Waals surface area (Å²) in [5, 5.41) is 26.5. The van der Waals surface area contributed by atoms with Crippen molar-refractivity contribution in [1.29, 1.82) is 0 Å². The van der Waals surface area contributed by atoms with Crippen LogP contribution in [0.5, 0.6) is 0 Å². The highest BCUT2D eigenvalue weighted by Gasteiger charge is 2.36. The van der Waals surface area contributed by atoms with Crippen LogP contribution in [0.15, 0.2) is 42.5 Å². The van der Waals surface area contributed by atoms with Crippen LogP contribution in [-0.2, 0) is 54.4 Å². The van der Waals surface area contributed by atoms with Gasteiger partial charge in [-0.05, 0) is 42.6 Å². The van der Waals surface area contributed by atoms with Crippen LogP contribution in [0.1, 0.15) is 78.2 Å². The lowest BCUT2D eigenvalue weighted by molar-refractivity contribution is -0.141. The SMILES string of the molecule is CC(C)C[C@H](NC(=O)[C@@H](NC(=O)[C@H](CC(N)=O)NC(=O)/C=C/C(=O)NCC(=O)NCC(=O)N[C@@H](Cc1ccccc1)C(=O)O)C1CCCCC1)C(=O)N[C@H](C(N)=O)C(C)C. The highest BCUT2D eigenvalue weighted by atomic mass is 16.4. The van der Waals surface area contributed by atoms with Crippen LogP contribution in [-0.4, -0.2) is 108 Å². The zero-order valence-corrected chi connectivity index (χ0v) is 34.4. The van der Waals surface area contributed by atoms with E-state index in [2.05, 4.69) is 37.2 Å². The Bertz CT molecular complexity index is 1730. The van der Waals surface area contributed by atoms with Crippen LogP contribution in [0.2, 0.25) is 0 Å². The molecular weight excluding hydrogens is 782 g/mol. The third-order valence-electron chi connectivity index (χ3n) is 9.52. The van der Waals surface area contributed by atoms with Crippen LogP contribution >= 0.6 is 0 Å². The average molecular weight is 842 g/mol. The smallest absolute Gasteiger partial charge is 0.326 e. The van der Waals surface area contributed by atoms with E-state index in [9.17, 15) is 53.1 Å². The molecule has 20 heteroatoms. The van der Waals surface area contributed by atoms with Gasteiger partial charge in [0.2, 0.25) is 53.2 Å². The van der Waals surface area contributed by atoms with Crippen molar-refractivity contribution in [1.82, 2.24) is 37.2 Å². The average Bonchev–Trinajstić information content (AvgIpc) is 3.18. The first kappa shape index (κ1) is 49.8. The van der Waals surface area contributed by atoms with Gasteiger partial charge < -0.3 is 53.8 Å². The Morgan fingerprint density at radius 1 is 0.683 bits per heavy atom. The molecule has 20 nitrogen and oxygen atoms in total. The van der Waals surface area contributed by atoms with Gasteiger partial charge in [0.05, 0.1) is 19.5 Å². The molecule has 1 aromatic rings. The van der Waals surface area contributed by atoms with Gasteiger partial charge in [0.15, 0.2) is 0 Å². The van der Waals surface area contributed by atoms with Crippen molar-refractivity contribution in [2.24, 2.45) is 29.2 Å². The van der Waals surface area contributed by atoms with Crippen LogP contribution in [0.25, 0.3) is 0 Å². The van der Waals surface area contributed by atoms with Crippen molar-refractivity contribution in [2.75, 3.05) is 13.1 Å². The fraction of sp³-hybridized carbons (Fsp3) is 0.550. The van der Waals surface area contributed by atoms with Crippen LogP contribution in [0.3, 0.4) is 0 Å². The molecule has 0 unspecified atom stereocenters. The number of benzene rings is 1. The van der Waals surface area contributed by atoms with Gasteiger partial charge in [0, 0.05) is 18.6 Å². The molecule has 2 rings (SSSR count). The van der Waals surface area contributed by atoms with Crippen molar-refractivity contribution in [3.05, 3.63) is 48.0 Å². The van der Waals surface area contributed by atoms with Gasteiger partial charge in [-0.3, -0.25) is 43.2 Å². The molecule has 1 saturated carbocycles. The Labute approximate surface area is 348 Å². The third kappa shape index (κ3) is 18.5. The van der Waals surface area contributed by atoms with Crippen LogP contribution < -0.4 is 48.7 Å². The van der Waals surface area contributed by atoms with Crippen molar-refractivity contribution >= 4 is 59.1 Å². The molecule has 0 aliphatic heterocycles. The number of rotatable bonds is 24. The second-order valence-electron chi connectivity index (χ2n) is 15.4. The molecule has 0 bridgehead atoms. The van der Waals surface area contributed by atoms with Crippen molar-refractivity contribution in [2.45, 2.75) is 109 Å². The summed E-state index contributed by atoms with van der Waals surface area (Å²) in [6, 6.07) is 2.50. The Morgan fingerprint density at radius 3 is 1.85 bits per heavy atom. The number of carbonyl (C=O) groups is 10. The van der Waals surface area contributed by atoms with E-state index in [1.54, 1.807) is 44.2 Å². The summed E-state index contributed by atoms with van der Waals surface area (Å²) < 4.78 is 0. The second kappa shape index (κ2) is 25.2. The minimum atomic E-state index is -1.58. The van der Waals surface area contributed by atoms with E-state index >= 15 is 0 Å². The maximum absolute atomic E-state index is 13.9. The lowest BCUT2D eigenvalue weighted by atomic mass is 9.83. The molecule has 1 aliphatic carbocycles.